The normalized spacial score (nSPS) is 13.7. The number of nitrogens with zero attached hydrogens (tertiary/aromatic N) is 4. The highest BCUT2D eigenvalue weighted by Crippen LogP contribution is 2.40. The first-order valence-corrected chi connectivity index (χ1v) is 14.4. The molecule has 1 saturated carbocycles. The Hall–Kier alpha value is -4.31. The number of nitrogen functional groups attached to an aromatic ring is 1. The number of anilines is 2. The summed E-state index contributed by atoms with van der Waals surface area (Å²) in [5, 5.41) is 6.98. The molecule has 0 unspecified atom stereocenters. The Morgan fingerprint density at radius 3 is 2.62 bits per heavy atom. The smallest absolute Gasteiger partial charge is 0.260 e. The van der Waals surface area contributed by atoms with Crippen molar-refractivity contribution in [2.45, 2.75) is 30.2 Å². The van der Waals surface area contributed by atoms with E-state index < -0.39 is 21.6 Å². The summed E-state index contributed by atoms with van der Waals surface area (Å²) in [5.41, 5.74) is 9.93. The van der Waals surface area contributed by atoms with E-state index in [9.17, 15) is 17.6 Å². The molecule has 0 bridgehead atoms. The number of halogens is 1. The van der Waals surface area contributed by atoms with Crippen molar-refractivity contribution in [2.75, 3.05) is 16.9 Å². The molecule has 2 aromatic heterocycles. The van der Waals surface area contributed by atoms with Crippen molar-refractivity contribution < 1.29 is 17.6 Å². The molecule has 0 atom stereocenters. The van der Waals surface area contributed by atoms with Crippen molar-refractivity contribution in [2.24, 2.45) is 7.05 Å². The van der Waals surface area contributed by atoms with E-state index in [0.717, 1.165) is 64.0 Å². The van der Waals surface area contributed by atoms with Gasteiger partial charge in [0.1, 0.15) is 5.82 Å². The Morgan fingerprint density at radius 1 is 1.08 bits per heavy atom. The minimum Gasteiger partial charge on any atom is -0.398 e. The first-order valence-electron chi connectivity index (χ1n) is 12.5. The molecule has 0 saturated heterocycles. The SMILES string of the molecule is Cn1ncc2c(N)cc3cc(CN(C(=O)c4cncc(C5CC5)c4)c4ccc(F)cc4S(C)(=O)=O)ccc3c21. The second-order valence-electron chi connectivity index (χ2n) is 10.1. The van der Waals surface area contributed by atoms with Gasteiger partial charge in [-0.15, -0.1) is 0 Å². The first-order chi connectivity index (χ1) is 18.6. The quantitative estimate of drug-likeness (QED) is 0.303. The summed E-state index contributed by atoms with van der Waals surface area (Å²) < 4.78 is 41.3. The number of amides is 1. The lowest BCUT2D eigenvalue weighted by molar-refractivity contribution is 0.0984. The van der Waals surface area contributed by atoms with E-state index in [2.05, 4.69) is 10.1 Å². The summed E-state index contributed by atoms with van der Waals surface area (Å²) in [4.78, 5) is 19.4. The third-order valence-electron chi connectivity index (χ3n) is 7.18. The van der Waals surface area contributed by atoms with Gasteiger partial charge in [-0.05, 0) is 71.7 Å². The van der Waals surface area contributed by atoms with Crippen LogP contribution < -0.4 is 10.6 Å². The van der Waals surface area contributed by atoms with Crippen molar-refractivity contribution in [3.05, 3.63) is 89.6 Å². The predicted octanol–water partition coefficient (Wildman–Crippen LogP) is 4.97. The summed E-state index contributed by atoms with van der Waals surface area (Å²) >= 11 is 0. The molecule has 1 fully saturated rings. The molecule has 39 heavy (non-hydrogen) atoms. The number of rotatable bonds is 6. The topological polar surface area (TPSA) is 111 Å². The molecule has 1 aliphatic carbocycles. The molecule has 10 heteroatoms. The number of fused-ring (bicyclic) bond motifs is 3. The standard InChI is InChI=1S/C29H26FN5O3S/c1-34-28-23-7-3-17(9-19(23)11-25(31)24(28)15-33-34)16-35(26-8-6-22(30)12-27(26)39(2,37)38)29(36)21-10-20(13-32-14-21)18-4-5-18/h3,6-15,18H,4-5,16,31H2,1-2H3. The van der Waals surface area contributed by atoms with Crippen molar-refractivity contribution in [3.8, 4) is 0 Å². The molecule has 5 aromatic rings. The molecule has 0 spiro atoms. The van der Waals surface area contributed by atoms with Crippen LogP contribution in [0.2, 0.25) is 0 Å². The molecule has 198 valence electrons. The summed E-state index contributed by atoms with van der Waals surface area (Å²) in [5.74, 6) is -0.751. The van der Waals surface area contributed by atoms with Gasteiger partial charge in [-0.2, -0.15) is 5.10 Å². The number of hydrogen-bond donors (Lipinski definition) is 1. The number of aromatic nitrogens is 3. The van der Waals surface area contributed by atoms with E-state index in [1.54, 1.807) is 17.1 Å². The Balaban J connectivity index is 1.48. The van der Waals surface area contributed by atoms with Crippen LogP contribution in [0.5, 0.6) is 0 Å². The fraction of sp³-hybridized carbons (Fsp3) is 0.207. The van der Waals surface area contributed by atoms with Crippen molar-refractivity contribution in [1.29, 1.82) is 0 Å². The highest BCUT2D eigenvalue weighted by Gasteiger charge is 2.28. The zero-order chi connectivity index (χ0) is 27.5. The third-order valence-corrected chi connectivity index (χ3v) is 8.31. The number of benzene rings is 3. The maximum absolute atomic E-state index is 14.2. The molecule has 6 rings (SSSR count). The highest BCUT2D eigenvalue weighted by molar-refractivity contribution is 7.90. The van der Waals surface area contributed by atoms with Crippen molar-refractivity contribution >= 4 is 48.8 Å². The monoisotopic (exact) mass is 543 g/mol. The molecular weight excluding hydrogens is 517 g/mol. The Morgan fingerprint density at radius 2 is 1.87 bits per heavy atom. The van der Waals surface area contributed by atoms with E-state index in [4.69, 9.17) is 5.73 Å². The highest BCUT2D eigenvalue weighted by atomic mass is 32.2. The predicted molar refractivity (Wildman–Crippen MR) is 149 cm³/mol. The van der Waals surface area contributed by atoms with E-state index in [-0.39, 0.29) is 17.1 Å². The number of carbonyl (C=O) groups is 1. The number of carbonyl (C=O) groups excluding carboxylic acids is 1. The van der Waals surface area contributed by atoms with Crippen LogP contribution in [-0.4, -0.2) is 35.3 Å². The van der Waals surface area contributed by atoms with Crippen LogP contribution in [0.1, 0.15) is 40.2 Å². The fourth-order valence-electron chi connectivity index (χ4n) is 5.09. The molecule has 8 nitrogen and oxygen atoms in total. The average molecular weight is 544 g/mol. The fourth-order valence-corrected chi connectivity index (χ4v) is 5.97. The Bertz CT molecular complexity index is 1900. The maximum Gasteiger partial charge on any atom is 0.260 e. The van der Waals surface area contributed by atoms with E-state index in [1.807, 2.05) is 37.4 Å². The summed E-state index contributed by atoms with van der Waals surface area (Å²) in [6.45, 7) is 0.0416. The van der Waals surface area contributed by atoms with Crippen LogP contribution in [0.25, 0.3) is 21.7 Å². The van der Waals surface area contributed by atoms with Gasteiger partial charge in [0.25, 0.3) is 5.91 Å². The number of sulfone groups is 1. The average Bonchev–Trinajstić information content (AvgIpc) is 3.68. The van der Waals surface area contributed by atoms with E-state index in [0.29, 0.717) is 17.2 Å². The van der Waals surface area contributed by atoms with E-state index in [1.165, 1.54) is 17.2 Å². The first kappa shape index (κ1) is 25.0. The molecular formula is C29H26FN5O3S. The number of nitrogens with two attached hydrogens (primary N) is 1. The second kappa shape index (κ2) is 9.16. The summed E-state index contributed by atoms with van der Waals surface area (Å²) in [7, 11) is -2.01. The zero-order valence-electron chi connectivity index (χ0n) is 21.4. The Kier molecular flexibility index (Phi) is 5.87. The molecule has 0 radical (unpaired) electrons. The minimum absolute atomic E-state index is 0.0416. The van der Waals surface area contributed by atoms with Gasteiger partial charge in [0.2, 0.25) is 0 Å². The third kappa shape index (κ3) is 4.61. The minimum atomic E-state index is -3.86. The van der Waals surface area contributed by atoms with Gasteiger partial charge in [-0.1, -0.05) is 12.1 Å². The summed E-state index contributed by atoms with van der Waals surface area (Å²) in [6, 6.07) is 12.8. The second-order valence-corrected chi connectivity index (χ2v) is 12.1. The van der Waals surface area contributed by atoms with Gasteiger partial charge >= 0.3 is 0 Å². The van der Waals surface area contributed by atoms with Gasteiger partial charge in [0, 0.05) is 42.2 Å². The van der Waals surface area contributed by atoms with Gasteiger partial charge < -0.3 is 10.6 Å². The molecule has 1 amide bonds. The van der Waals surface area contributed by atoms with Gasteiger partial charge in [-0.25, -0.2) is 12.8 Å². The lowest BCUT2D eigenvalue weighted by atomic mass is 10.0. The van der Waals surface area contributed by atoms with Crippen LogP contribution in [0.4, 0.5) is 15.8 Å². The van der Waals surface area contributed by atoms with E-state index >= 15 is 0 Å². The number of hydrogen-bond acceptors (Lipinski definition) is 6. The molecule has 1 aliphatic rings. The van der Waals surface area contributed by atoms with Crippen LogP contribution in [0.3, 0.4) is 0 Å². The van der Waals surface area contributed by atoms with Crippen LogP contribution in [-0.2, 0) is 23.4 Å². The van der Waals surface area contributed by atoms with Crippen LogP contribution in [0, 0.1) is 5.82 Å². The number of aryl methyl sites for hydroxylation is 1. The molecule has 3 aromatic carbocycles. The molecule has 2 heterocycles. The number of pyridine rings is 1. The van der Waals surface area contributed by atoms with Gasteiger partial charge in [-0.3, -0.25) is 14.5 Å². The Labute approximate surface area is 224 Å². The van der Waals surface area contributed by atoms with Crippen LogP contribution >= 0.6 is 0 Å². The van der Waals surface area contributed by atoms with Crippen molar-refractivity contribution in [1.82, 2.24) is 14.8 Å². The van der Waals surface area contributed by atoms with Crippen molar-refractivity contribution in [3.63, 3.8) is 0 Å². The maximum atomic E-state index is 14.2. The molecule has 2 N–H and O–H groups in total. The van der Waals surface area contributed by atoms with Gasteiger partial charge in [0.15, 0.2) is 9.84 Å². The lowest BCUT2D eigenvalue weighted by Gasteiger charge is -2.25. The zero-order valence-corrected chi connectivity index (χ0v) is 22.2. The van der Waals surface area contributed by atoms with Crippen LogP contribution in [0.15, 0.2) is 72.0 Å². The summed E-state index contributed by atoms with van der Waals surface area (Å²) in [6.07, 6.45) is 8.05. The lowest BCUT2D eigenvalue weighted by Crippen LogP contribution is -2.32. The molecule has 0 aliphatic heterocycles. The van der Waals surface area contributed by atoms with Gasteiger partial charge in [0.05, 0.1) is 34.4 Å². The largest absolute Gasteiger partial charge is 0.398 e.